The second-order valence-corrected chi connectivity index (χ2v) is 5.55. The minimum Gasteiger partial charge on any atom is -0.392 e. The van der Waals surface area contributed by atoms with Gasteiger partial charge in [0.25, 0.3) is 0 Å². The fraction of sp³-hybridized carbons (Fsp3) is 0.231. The minimum absolute atomic E-state index is 0.430. The van der Waals surface area contributed by atoms with Crippen molar-refractivity contribution in [3.05, 3.63) is 56.2 Å². The van der Waals surface area contributed by atoms with Crippen LogP contribution in [0.4, 0.5) is 0 Å². The number of aliphatic hydroxyl groups excluding tert-OH is 1. The second-order valence-electron chi connectivity index (χ2n) is 3.93. The molecule has 1 N–H and O–H groups in total. The van der Waals surface area contributed by atoms with E-state index in [-0.39, 0.29) is 0 Å². The molecular formula is C13H12Cl2OS. The van der Waals surface area contributed by atoms with Gasteiger partial charge in [-0.2, -0.15) is 11.3 Å². The molecule has 0 fully saturated rings. The van der Waals surface area contributed by atoms with E-state index in [4.69, 9.17) is 23.2 Å². The highest BCUT2D eigenvalue weighted by Crippen LogP contribution is 2.22. The van der Waals surface area contributed by atoms with Crippen LogP contribution >= 0.6 is 34.5 Å². The molecular weight excluding hydrogens is 275 g/mol. The van der Waals surface area contributed by atoms with E-state index < -0.39 is 6.10 Å². The molecule has 0 saturated carbocycles. The molecule has 1 atom stereocenters. The zero-order valence-corrected chi connectivity index (χ0v) is 11.4. The normalized spacial score (nSPS) is 12.6. The maximum atomic E-state index is 9.99. The summed E-state index contributed by atoms with van der Waals surface area (Å²) < 4.78 is 0. The van der Waals surface area contributed by atoms with Crippen LogP contribution in [-0.4, -0.2) is 11.2 Å². The molecule has 4 heteroatoms. The maximum absolute atomic E-state index is 9.99. The lowest BCUT2D eigenvalue weighted by Crippen LogP contribution is -2.13. The zero-order chi connectivity index (χ0) is 12.3. The van der Waals surface area contributed by atoms with Crippen molar-refractivity contribution in [3.63, 3.8) is 0 Å². The van der Waals surface area contributed by atoms with Gasteiger partial charge >= 0.3 is 0 Å². The third-order valence-electron chi connectivity index (χ3n) is 2.51. The van der Waals surface area contributed by atoms with Crippen LogP contribution in [0.2, 0.25) is 10.0 Å². The number of aliphatic hydroxyl groups is 1. The van der Waals surface area contributed by atoms with E-state index in [1.807, 2.05) is 16.8 Å². The first kappa shape index (κ1) is 12.9. The molecule has 0 radical (unpaired) electrons. The van der Waals surface area contributed by atoms with Crippen LogP contribution < -0.4 is 0 Å². The van der Waals surface area contributed by atoms with Crippen molar-refractivity contribution in [2.45, 2.75) is 18.9 Å². The van der Waals surface area contributed by atoms with Crippen LogP contribution in [0.3, 0.4) is 0 Å². The Morgan fingerprint density at radius 2 is 2.00 bits per heavy atom. The van der Waals surface area contributed by atoms with Crippen LogP contribution in [0.25, 0.3) is 0 Å². The van der Waals surface area contributed by atoms with Crippen molar-refractivity contribution in [3.8, 4) is 0 Å². The van der Waals surface area contributed by atoms with E-state index in [1.165, 1.54) is 0 Å². The van der Waals surface area contributed by atoms with Gasteiger partial charge in [0.1, 0.15) is 0 Å². The largest absolute Gasteiger partial charge is 0.392 e. The highest BCUT2D eigenvalue weighted by Gasteiger charge is 2.10. The Morgan fingerprint density at radius 1 is 1.18 bits per heavy atom. The quantitative estimate of drug-likeness (QED) is 0.893. The molecule has 1 nitrogen and oxygen atoms in total. The number of benzene rings is 1. The standard InChI is InChI=1S/C13H12Cl2OS/c14-11-1-2-13(15)10(6-11)7-12(16)5-9-3-4-17-8-9/h1-4,6,8,12,16H,5,7H2. The summed E-state index contributed by atoms with van der Waals surface area (Å²) in [6.45, 7) is 0. The van der Waals surface area contributed by atoms with Crippen LogP contribution in [0.15, 0.2) is 35.0 Å². The first-order valence-electron chi connectivity index (χ1n) is 5.28. The average Bonchev–Trinajstić information content (AvgIpc) is 2.76. The van der Waals surface area contributed by atoms with Crippen LogP contribution in [0, 0.1) is 0 Å². The lowest BCUT2D eigenvalue weighted by atomic mass is 10.0. The Labute approximate surface area is 115 Å². The van der Waals surface area contributed by atoms with Crippen molar-refractivity contribution in [2.24, 2.45) is 0 Å². The van der Waals surface area contributed by atoms with Crippen LogP contribution in [0.1, 0.15) is 11.1 Å². The molecule has 1 heterocycles. The molecule has 0 aliphatic heterocycles. The van der Waals surface area contributed by atoms with E-state index in [0.29, 0.717) is 22.9 Å². The summed E-state index contributed by atoms with van der Waals surface area (Å²) in [4.78, 5) is 0. The Bertz CT molecular complexity index is 482. The van der Waals surface area contributed by atoms with Crippen LogP contribution in [0.5, 0.6) is 0 Å². The monoisotopic (exact) mass is 286 g/mol. The minimum atomic E-state index is -0.430. The maximum Gasteiger partial charge on any atom is 0.0621 e. The van der Waals surface area contributed by atoms with Crippen molar-refractivity contribution in [1.82, 2.24) is 0 Å². The summed E-state index contributed by atoms with van der Waals surface area (Å²) in [5.41, 5.74) is 2.04. The molecule has 0 bridgehead atoms. The molecule has 1 aromatic heterocycles. The number of rotatable bonds is 4. The summed E-state index contributed by atoms with van der Waals surface area (Å²) >= 11 is 13.6. The van der Waals surface area contributed by atoms with Gasteiger partial charge in [0.2, 0.25) is 0 Å². The molecule has 0 amide bonds. The summed E-state index contributed by atoms with van der Waals surface area (Å²) in [7, 11) is 0. The van der Waals surface area contributed by atoms with E-state index in [0.717, 1.165) is 11.1 Å². The smallest absolute Gasteiger partial charge is 0.0621 e. The lowest BCUT2D eigenvalue weighted by Gasteiger charge is -2.11. The fourth-order valence-corrected chi connectivity index (χ4v) is 2.78. The number of hydrogen-bond acceptors (Lipinski definition) is 2. The fourth-order valence-electron chi connectivity index (χ4n) is 1.71. The zero-order valence-electron chi connectivity index (χ0n) is 9.07. The Morgan fingerprint density at radius 3 is 2.71 bits per heavy atom. The highest BCUT2D eigenvalue weighted by molar-refractivity contribution is 7.07. The molecule has 17 heavy (non-hydrogen) atoms. The van der Waals surface area contributed by atoms with Crippen molar-refractivity contribution >= 4 is 34.5 Å². The molecule has 0 aliphatic carbocycles. The third kappa shape index (κ3) is 3.71. The number of thiophene rings is 1. The van der Waals surface area contributed by atoms with Gasteiger partial charge in [-0.05, 0) is 52.6 Å². The summed E-state index contributed by atoms with van der Waals surface area (Å²) in [5, 5.41) is 15.3. The van der Waals surface area contributed by atoms with Gasteiger partial charge in [0.05, 0.1) is 6.10 Å². The number of hydrogen-bond donors (Lipinski definition) is 1. The van der Waals surface area contributed by atoms with E-state index in [9.17, 15) is 5.11 Å². The first-order valence-corrected chi connectivity index (χ1v) is 6.98. The molecule has 0 saturated heterocycles. The average molecular weight is 287 g/mol. The molecule has 90 valence electrons. The molecule has 2 rings (SSSR count). The van der Waals surface area contributed by atoms with Gasteiger partial charge in [-0.3, -0.25) is 0 Å². The summed E-state index contributed by atoms with van der Waals surface area (Å²) in [5.74, 6) is 0. The molecule has 1 aromatic carbocycles. The van der Waals surface area contributed by atoms with Crippen LogP contribution in [-0.2, 0) is 12.8 Å². The SMILES string of the molecule is OC(Cc1ccsc1)Cc1cc(Cl)ccc1Cl. The first-order chi connectivity index (χ1) is 8.15. The van der Waals surface area contributed by atoms with Gasteiger partial charge in [-0.25, -0.2) is 0 Å². The molecule has 1 unspecified atom stereocenters. The van der Waals surface area contributed by atoms with Crippen molar-refractivity contribution in [1.29, 1.82) is 0 Å². The predicted octanol–water partition coefficient (Wildman–Crippen LogP) is 4.20. The predicted molar refractivity (Wildman–Crippen MR) is 74.2 cm³/mol. The van der Waals surface area contributed by atoms with E-state index >= 15 is 0 Å². The topological polar surface area (TPSA) is 20.2 Å². The Kier molecular flexibility index (Phi) is 4.46. The Balaban J connectivity index is 2.02. The second kappa shape index (κ2) is 5.87. The third-order valence-corrected chi connectivity index (χ3v) is 3.85. The van der Waals surface area contributed by atoms with Gasteiger partial charge in [0, 0.05) is 16.5 Å². The van der Waals surface area contributed by atoms with E-state index in [1.54, 1.807) is 29.5 Å². The number of halogens is 2. The highest BCUT2D eigenvalue weighted by atomic mass is 35.5. The summed E-state index contributed by atoms with van der Waals surface area (Å²) in [6, 6.07) is 7.34. The molecule has 2 aromatic rings. The van der Waals surface area contributed by atoms with Gasteiger partial charge < -0.3 is 5.11 Å². The Hall–Kier alpha value is -0.540. The van der Waals surface area contributed by atoms with Gasteiger partial charge in [-0.1, -0.05) is 23.2 Å². The van der Waals surface area contributed by atoms with Crippen molar-refractivity contribution in [2.75, 3.05) is 0 Å². The van der Waals surface area contributed by atoms with E-state index in [2.05, 4.69) is 0 Å². The summed E-state index contributed by atoms with van der Waals surface area (Å²) in [6.07, 6.45) is 0.738. The lowest BCUT2D eigenvalue weighted by molar-refractivity contribution is 0.175. The molecule has 0 aliphatic rings. The molecule has 0 spiro atoms. The van der Waals surface area contributed by atoms with Gasteiger partial charge in [-0.15, -0.1) is 0 Å². The van der Waals surface area contributed by atoms with Gasteiger partial charge in [0.15, 0.2) is 0 Å². The van der Waals surface area contributed by atoms with Crippen molar-refractivity contribution < 1.29 is 5.11 Å².